The Morgan fingerprint density at radius 1 is 1.22 bits per heavy atom. The van der Waals surface area contributed by atoms with E-state index in [1.807, 2.05) is 0 Å². The third-order valence-electron chi connectivity index (χ3n) is 3.92. The van der Waals surface area contributed by atoms with Gasteiger partial charge in [-0.15, -0.1) is 0 Å². The Bertz CT molecular complexity index is 218. The molecule has 0 bridgehead atoms. The van der Waals surface area contributed by atoms with Gasteiger partial charge >= 0.3 is 0 Å². The minimum absolute atomic E-state index is 0.602. The first-order valence-corrected chi connectivity index (χ1v) is 7.68. The maximum absolute atomic E-state index is 3.55. The Morgan fingerprint density at radius 3 is 2.56 bits per heavy atom. The molecule has 1 rings (SSSR count). The van der Waals surface area contributed by atoms with E-state index in [1.165, 1.54) is 39.0 Å². The van der Waals surface area contributed by atoms with Gasteiger partial charge in [0.15, 0.2) is 0 Å². The zero-order chi connectivity index (χ0) is 13.5. The van der Waals surface area contributed by atoms with E-state index in [4.69, 9.17) is 0 Å². The van der Waals surface area contributed by atoms with Crippen LogP contribution in [-0.4, -0.2) is 61.7 Å². The van der Waals surface area contributed by atoms with E-state index in [9.17, 15) is 0 Å². The summed E-state index contributed by atoms with van der Waals surface area (Å²) in [6, 6.07) is 1.35. The Morgan fingerprint density at radius 2 is 1.94 bits per heavy atom. The molecule has 1 aliphatic rings. The number of nitrogens with one attached hydrogen (secondary N) is 1. The SMILES string of the molecule is CCC1CN(C)CCCN1CC(C)CNC(C)C. The molecular weight excluding hydrogens is 222 g/mol. The van der Waals surface area contributed by atoms with Crippen molar-refractivity contribution in [3.8, 4) is 0 Å². The summed E-state index contributed by atoms with van der Waals surface area (Å²) in [6.07, 6.45) is 2.59. The largest absolute Gasteiger partial charge is 0.314 e. The summed E-state index contributed by atoms with van der Waals surface area (Å²) >= 11 is 0. The summed E-state index contributed by atoms with van der Waals surface area (Å²) in [7, 11) is 2.26. The first-order chi connectivity index (χ1) is 8.52. The highest BCUT2D eigenvalue weighted by atomic mass is 15.2. The minimum atomic E-state index is 0.602. The molecular formula is C15H33N3. The molecule has 0 aromatic heterocycles. The lowest BCUT2D eigenvalue weighted by atomic mass is 10.1. The molecule has 1 aliphatic heterocycles. The first-order valence-electron chi connectivity index (χ1n) is 7.68. The molecule has 18 heavy (non-hydrogen) atoms. The normalized spacial score (nSPS) is 25.3. The van der Waals surface area contributed by atoms with E-state index in [0.29, 0.717) is 6.04 Å². The Hall–Kier alpha value is -0.120. The van der Waals surface area contributed by atoms with Crippen LogP contribution in [0.25, 0.3) is 0 Å². The van der Waals surface area contributed by atoms with Gasteiger partial charge in [-0.05, 0) is 45.4 Å². The molecule has 0 saturated carbocycles. The van der Waals surface area contributed by atoms with Crippen LogP contribution < -0.4 is 5.32 Å². The topological polar surface area (TPSA) is 18.5 Å². The fourth-order valence-corrected chi connectivity index (χ4v) is 2.82. The zero-order valence-electron chi connectivity index (χ0n) is 13.1. The smallest absolute Gasteiger partial charge is 0.0220 e. The summed E-state index contributed by atoms with van der Waals surface area (Å²) in [4.78, 5) is 5.21. The van der Waals surface area contributed by atoms with Crippen LogP contribution >= 0.6 is 0 Å². The number of nitrogens with zero attached hydrogens (tertiary/aromatic N) is 2. The van der Waals surface area contributed by atoms with Crippen LogP contribution in [0.5, 0.6) is 0 Å². The molecule has 108 valence electrons. The predicted octanol–water partition coefficient (Wildman–Crippen LogP) is 2.04. The van der Waals surface area contributed by atoms with E-state index < -0.39 is 0 Å². The van der Waals surface area contributed by atoms with Gasteiger partial charge in [0.25, 0.3) is 0 Å². The van der Waals surface area contributed by atoms with E-state index in [2.05, 4.69) is 49.9 Å². The number of likely N-dealkylation sites (N-methyl/N-ethyl adjacent to an activating group) is 1. The molecule has 1 heterocycles. The van der Waals surface area contributed by atoms with E-state index in [0.717, 1.165) is 18.5 Å². The second kappa shape index (κ2) is 8.13. The van der Waals surface area contributed by atoms with Crippen molar-refractivity contribution in [2.24, 2.45) is 5.92 Å². The molecule has 0 aliphatic carbocycles. The minimum Gasteiger partial charge on any atom is -0.314 e. The molecule has 3 nitrogen and oxygen atoms in total. The van der Waals surface area contributed by atoms with Crippen LogP contribution in [-0.2, 0) is 0 Å². The van der Waals surface area contributed by atoms with E-state index >= 15 is 0 Å². The Kier molecular flexibility index (Phi) is 7.20. The third kappa shape index (κ3) is 5.68. The Labute approximate surface area is 114 Å². The van der Waals surface area contributed by atoms with Gasteiger partial charge in [-0.2, -0.15) is 0 Å². The number of hydrogen-bond acceptors (Lipinski definition) is 3. The van der Waals surface area contributed by atoms with Gasteiger partial charge in [0, 0.05) is 25.2 Å². The summed E-state index contributed by atoms with van der Waals surface area (Å²) in [5, 5.41) is 3.55. The Balaban J connectivity index is 2.41. The van der Waals surface area contributed by atoms with Crippen LogP contribution in [0, 0.1) is 5.92 Å². The molecule has 1 saturated heterocycles. The maximum atomic E-state index is 3.55. The van der Waals surface area contributed by atoms with Gasteiger partial charge < -0.3 is 10.2 Å². The molecule has 0 spiro atoms. The lowest BCUT2D eigenvalue weighted by Crippen LogP contribution is -2.43. The monoisotopic (exact) mass is 255 g/mol. The van der Waals surface area contributed by atoms with Crippen LogP contribution in [0.2, 0.25) is 0 Å². The molecule has 0 amide bonds. The standard InChI is InChI=1S/C15H33N3/c1-6-15-12-17(5)8-7-9-18(15)11-14(4)10-16-13(2)3/h13-16H,6-12H2,1-5H3. The van der Waals surface area contributed by atoms with Crippen LogP contribution in [0.3, 0.4) is 0 Å². The summed E-state index contributed by atoms with van der Waals surface area (Å²) in [6.45, 7) is 15.3. The van der Waals surface area contributed by atoms with Crippen molar-refractivity contribution in [1.29, 1.82) is 0 Å². The fourth-order valence-electron chi connectivity index (χ4n) is 2.82. The highest BCUT2D eigenvalue weighted by Crippen LogP contribution is 2.13. The molecule has 0 aromatic carbocycles. The van der Waals surface area contributed by atoms with Crippen LogP contribution in [0.1, 0.15) is 40.5 Å². The average Bonchev–Trinajstić information content (AvgIpc) is 2.48. The predicted molar refractivity (Wildman–Crippen MR) is 80.1 cm³/mol. The highest BCUT2D eigenvalue weighted by Gasteiger charge is 2.23. The second-order valence-corrected chi connectivity index (χ2v) is 6.34. The van der Waals surface area contributed by atoms with Crippen molar-refractivity contribution >= 4 is 0 Å². The van der Waals surface area contributed by atoms with E-state index in [1.54, 1.807) is 0 Å². The van der Waals surface area contributed by atoms with Crippen molar-refractivity contribution in [2.45, 2.75) is 52.6 Å². The molecule has 3 heteroatoms. The summed E-state index contributed by atoms with van der Waals surface area (Å²) in [5.74, 6) is 0.741. The van der Waals surface area contributed by atoms with Crippen molar-refractivity contribution in [3.05, 3.63) is 0 Å². The van der Waals surface area contributed by atoms with Gasteiger partial charge in [0.1, 0.15) is 0 Å². The molecule has 2 atom stereocenters. The van der Waals surface area contributed by atoms with Crippen molar-refractivity contribution < 1.29 is 0 Å². The van der Waals surface area contributed by atoms with E-state index in [-0.39, 0.29) is 0 Å². The molecule has 1 fully saturated rings. The number of hydrogen-bond donors (Lipinski definition) is 1. The lowest BCUT2D eigenvalue weighted by molar-refractivity contribution is 0.160. The molecule has 1 N–H and O–H groups in total. The van der Waals surface area contributed by atoms with Crippen molar-refractivity contribution in [3.63, 3.8) is 0 Å². The van der Waals surface area contributed by atoms with Crippen molar-refractivity contribution in [1.82, 2.24) is 15.1 Å². The number of rotatable bonds is 6. The van der Waals surface area contributed by atoms with Crippen LogP contribution in [0.15, 0.2) is 0 Å². The first kappa shape index (κ1) is 15.9. The van der Waals surface area contributed by atoms with Crippen LogP contribution in [0.4, 0.5) is 0 Å². The fraction of sp³-hybridized carbons (Fsp3) is 1.00. The summed E-state index contributed by atoms with van der Waals surface area (Å²) < 4.78 is 0. The van der Waals surface area contributed by atoms with Gasteiger partial charge in [0.2, 0.25) is 0 Å². The second-order valence-electron chi connectivity index (χ2n) is 6.34. The zero-order valence-corrected chi connectivity index (χ0v) is 13.1. The lowest BCUT2D eigenvalue weighted by Gasteiger charge is -2.32. The van der Waals surface area contributed by atoms with Gasteiger partial charge in [-0.1, -0.05) is 27.7 Å². The van der Waals surface area contributed by atoms with Gasteiger partial charge in [0.05, 0.1) is 0 Å². The summed E-state index contributed by atoms with van der Waals surface area (Å²) in [5.41, 5.74) is 0. The average molecular weight is 255 g/mol. The quantitative estimate of drug-likeness (QED) is 0.783. The molecule has 2 unspecified atom stereocenters. The van der Waals surface area contributed by atoms with Gasteiger partial charge in [-0.3, -0.25) is 4.90 Å². The maximum Gasteiger partial charge on any atom is 0.0220 e. The highest BCUT2D eigenvalue weighted by molar-refractivity contribution is 4.79. The van der Waals surface area contributed by atoms with Crippen molar-refractivity contribution in [2.75, 3.05) is 39.8 Å². The third-order valence-corrected chi connectivity index (χ3v) is 3.92. The molecule has 0 aromatic rings. The molecule has 0 radical (unpaired) electrons. The van der Waals surface area contributed by atoms with Gasteiger partial charge in [-0.25, -0.2) is 0 Å².